The number of rotatable bonds is 1. The van der Waals surface area contributed by atoms with Crippen LogP contribution in [0.15, 0.2) is 22.7 Å². The largest absolute Gasteiger partial charge is 0.441 e. The molecule has 0 bridgehead atoms. The summed E-state index contributed by atoms with van der Waals surface area (Å²) < 4.78 is 5.32. The van der Waals surface area contributed by atoms with Crippen LogP contribution in [-0.2, 0) is 0 Å². The van der Waals surface area contributed by atoms with Gasteiger partial charge in [0.1, 0.15) is 16.1 Å². The van der Waals surface area contributed by atoms with E-state index in [0.717, 1.165) is 11.3 Å². The fraction of sp³-hybridized carbons (Fsp3) is 0.111. The molecule has 0 N–H and O–H groups in total. The molecular formula is C9H6Cl2N2O. The van der Waals surface area contributed by atoms with E-state index < -0.39 is 0 Å². The SMILES string of the molecule is Cc1cnc(-c2cc(Cl)nc(Cl)c2)o1. The molecule has 2 heterocycles. The van der Waals surface area contributed by atoms with Crippen molar-refractivity contribution in [3.8, 4) is 11.5 Å². The molecule has 0 spiro atoms. The molecule has 0 aliphatic carbocycles. The second kappa shape index (κ2) is 3.59. The van der Waals surface area contributed by atoms with Crippen LogP contribution in [0.4, 0.5) is 0 Å². The van der Waals surface area contributed by atoms with Crippen LogP contribution in [-0.4, -0.2) is 9.97 Å². The van der Waals surface area contributed by atoms with Gasteiger partial charge in [0.25, 0.3) is 0 Å². The highest BCUT2D eigenvalue weighted by atomic mass is 35.5. The summed E-state index contributed by atoms with van der Waals surface area (Å²) in [6.45, 7) is 1.82. The number of aromatic nitrogens is 2. The molecule has 2 aromatic heterocycles. The molecule has 0 saturated carbocycles. The second-order valence-electron chi connectivity index (χ2n) is 2.78. The van der Waals surface area contributed by atoms with Gasteiger partial charge in [-0.1, -0.05) is 23.2 Å². The lowest BCUT2D eigenvalue weighted by Gasteiger charge is -1.97. The van der Waals surface area contributed by atoms with E-state index in [-0.39, 0.29) is 0 Å². The molecule has 0 saturated heterocycles. The lowest BCUT2D eigenvalue weighted by atomic mass is 10.3. The molecule has 0 fully saturated rings. The molecule has 0 radical (unpaired) electrons. The van der Waals surface area contributed by atoms with Gasteiger partial charge in [0.2, 0.25) is 5.89 Å². The Balaban J connectivity index is 2.51. The van der Waals surface area contributed by atoms with Gasteiger partial charge in [0.15, 0.2) is 0 Å². The Labute approximate surface area is 90.7 Å². The minimum absolute atomic E-state index is 0.323. The zero-order valence-electron chi connectivity index (χ0n) is 7.29. The highest BCUT2D eigenvalue weighted by Gasteiger charge is 2.07. The van der Waals surface area contributed by atoms with Crippen LogP contribution in [0, 0.1) is 6.92 Å². The summed E-state index contributed by atoms with van der Waals surface area (Å²) in [5.41, 5.74) is 0.725. The Morgan fingerprint density at radius 3 is 2.36 bits per heavy atom. The van der Waals surface area contributed by atoms with Crippen LogP contribution in [0.1, 0.15) is 5.76 Å². The molecule has 14 heavy (non-hydrogen) atoms. The maximum atomic E-state index is 5.74. The van der Waals surface area contributed by atoms with Crippen molar-refractivity contribution in [3.05, 3.63) is 34.4 Å². The predicted octanol–water partition coefficient (Wildman–Crippen LogP) is 3.35. The Bertz CT molecular complexity index is 447. The monoisotopic (exact) mass is 228 g/mol. The highest BCUT2D eigenvalue weighted by Crippen LogP contribution is 2.24. The average molecular weight is 229 g/mol. The summed E-state index contributed by atoms with van der Waals surface area (Å²) in [5.74, 6) is 1.23. The molecule has 72 valence electrons. The third-order valence-corrected chi connectivity index (χ3v) is 2.02. The topological polar surface area (TPSA) is 38.9 Å². The maximum Gasteiger partial charge on any atom is 0.226 e. The Hall–Kier alpha value is -1.06. The first kappa shape index (κ1) is 9.49. The summed E-state index contributed by atoms with van der Waals surface area (Å²) >= 11 is 11.5. The molecule has 3 nitrogen and oxygen atoms in total. The third kappa shape index (κ3) is 1.89. The Morgan fingerprint density at radius 2 is 1.86 bits per heavy atom. The number of oxazole rings is 1. The summed E-state index contributed by atoms with van der Waals surface area (Å²) in [7, 11) is 0. The summed E-state index contributed by atoms with van der Waals surface area (Å²) in [6.07, 6.45) is 1.64. The number of hydrogen-bond donors (Lipinski definition) is 0. The minimum Gasteiger partial charge on any atom is -0.441 e. The third-order valence-electron chi connectivity index (χ3n) is 1.63. The van der Waals surface area contributed by atoms with E-state index in [1.54, 1.807) is 18.3 Å². The molecule has 0 atom stereocenters. The Morgan fingerprint density at radius 1 is 1.21 bits per heavy atom. The fourth-order valence-electron chi connectivity index (χ4n) is 1.08. The van der Waals surface area contributed by atoms with E-state index in [2.05, 4.69) is 9.97 Å². The summed E-state index contributed by atoms with van der Waals surface area (Å²) in [6, 6.07) is 3.30. The minimum atomic E-state index is 0.323. The number of aryl methyl sites for hydroxylation is 1. The smallest absolute Gasteiger partial charge is 0.226 e. The lowest BCUT2D eigenvalue weighted by molar-refractivity contribution is 0.542. The Kier molecular flexibility index (Phi) is 2.44. The van der Waals surface area contributed by atoms with Crippen molar-refractivity contribution in [3.63, 3.8) is 0 Å². The van der Waals surface area contributed by atoms with Gasteiger partial charge in [-0.25, -0.2) is 9.97 Å². The standard InChI is InChI=1S/C9H6Cl2N2O/c1-5-4-12-9(14-5)6-2-7(10)13-8(11)3-6/h2-4H,1H3. The van der Waals surface area contributed by atoms with Gasteiger partial charge in [-0.15, -0.1) is 0 Å². The first-order chi connectivity index (χ1) is 6.65. The zero-order chi connectivity index (χ0) is 10.1. The van der Waals surface area contributed by atoms with Crippen molar-refractivity contribution < 1.29 is 4.42 Å². The molecule has 0 aliphatic heterocycles. The van der Waals surface area contributed by atoms with Gasteiger partial charge in [0.05, 0.1) is 6.20 Å². The van der Waals surface area contributed by atoms with Crippen molar-refractivity contribution in [2.24, 2.45) is 0 Å². The molecular weight excluding hydrogens is 223 g/mol. The van der Waals surface area contributed by atoms with Crippen LogP contribution in [0.2, 0.25) is 10.3 Å². The van der Waals surface area contributed by atoms with Crippen LogP contribution in [0.25, 0.3) is 11.5 Å². The maximum absolute atomic E-state index is 5.74. The van der Waals surface area contributed by atoms with E-state index in [4.69, 9.17) is 27.6 Å². The average Bonchev–Trinajstić information content (AvgIpc) is 2.50. The first-order valence-electron chi connectivity index (χ1n) is 3.91. The molecule has 0 unspecified atom stereocenters. The zero-order valence-corrected chi connectivity index (χ0v) is 8.80. The van der Waals surface area contributed by atoms with E-state index in [1.165, 1.54) is 0 Å². The van der Waals surface area contributed by atoms with Gasteiger partial charge >= 0.3 is 0 Å². The summed E-state index contributed by atoms with van der Waals surface area (Å²) in [4.78, 5) is 7.88. The van der Waals surface area contributed by atoms with Crippen molar-refractivity contribution in [1.29, 1.82) is 0 Å². The molecule has 2 aromatic rings. The first-order valence-corrected chi connectivity index (χ1v) is 4.66. The highest BCUT2D eigenvalue weighted by molar-refractivity contribution is 6.32. The summed E-state index contributed by atoms with van der Waals surface area (Å²) in [5, 5.41) is 0.645. The number of nitrogens with zero attached hydrogens (tertiary/aromatic N) is 2. The van der Waals surface area contributed by atoms with Crippen molar-refractivity contribution >= 4 is 23.2 Å². The van der Waals surface area contributed by atoms with E-state index >= 15 is 0 Å². The van der Waals surface area contributed by atoms with Gasteiger partial charge < -0.3 is 4.42 Å². The molecule has 0 amide bonds. The molecule has 2 rings (SSSR count). The molecule has 5 heteroatoms. The van der Waals surface area contributed by atoms with Crippen molar-refractivity contribution in [2.45, 2.75) is 6.92 Å². The van der Waals surface area contributed by atoms with Gasteiger partial charge in [-0.2, -0.15) is 0 Å². The van der Waals surface area contributed by atoms with Gasteiger partial charge in [0, 0.05) is 5.56 Å². The second-order valence-corrected chi connectivity index (χ2v) is 3.55. The predicted molar refractivity (Wildman–Crippen MR) is 54.5 cm³/mol. The van der Waals surface area contributed by atoms with Crippen LogP contribution in [0.5, 0.6) is 0 Å². The van der Waals surface area contributed by atoms with Crippen LogP contribution in [0.3, 0.4) is 0 Å². The lowest BCUT2D eigenvalue weighted by Crippen LogP contribution is -1.81. The number of pyridine rings is 1. The van der Waals surface area contributed by atoms with Gasteiger partial charge in [-0.3, -0.25) is 0 Å². The van der Waals surface area contributed by atoms with Crippen LogP contribution < -0.4 is 0 Å². The van der Waals surface area contributed by atoms with Crippen molar-refractivity contribution in [2.75, 3.05) is 0 Å². The molecule has 0 aromatic carbocycles. The normalized spacial score (nSPS) is 10.5. The van der Waals surface area contributed by atoms with E-state index in [1.807, 2.05) is 6.92 Å². The number of hydrogen-bond acceptors (Lipinski definition) is 3. The van der Waals surface area contributed by atoms with E-state index in [0.29, 0.717) is 16.2 Å². The van der Waals surface area contributed by atoms with Crippen molar-refractivity contribution in [1.82, 2.24) is 9.97 Å². The van der Waals surface area contributed by atoms with Gasteiger partial charge in [-0.05, 0) is 19.1 Å². The molecule has 0 aliphatic rings. The van der Waals surface area contributed by atoms with E-state index in [9.17, 15) is 0 Å². The van der Waals surface area contributed by atoms with Crippen LogP contribution >= 0.6 is 23.2 Å². The number of halogens is 2. The quantitative estimate of drug-likeness (QED) is 0.703. The fourth-order valence-corrected chi connectivity index (χ4v) is 1.54.